The summed E-state index contributed by atoms with van der Waals surface area (Å²) in [7, 11) is 0. The number of carbonyl (C=O) groups excluding carboxylic acids is 3. The van der Waals surface area contributed by atoms with Crippen molar-refractivity contribution < 1.29 is 29.0 Å². The maximum absolute atomic E-state index is 14.0. The van der Waals surface area contributed by atoms with Gasteiger partial charge in [-0.15, -0.1) is 0 Å². The van der Waals surface area contributed by atoms with E-state index in [1.807, 2.05) is 75.4 Å². The van der Waals surface area contributed by atoms with Crippen molar-refractivity contribution in [2.75, 3.05) is 13.1 Å². The monoisotopic (exact) mass is 592 g/mol. The number of hydrogen-bond acceptors (Lipinski definition) is 6. The Kier molecular flexibility index (Phi) is 10.4. The number of hydrogen-bond donors (Lipinski definition) is 3. The van der Waals surface area contributed by atoms with Gasteiger partial charge in [0, 0.05) is 32.0 Å². The molecule has 10 nitrogen and oxygen atoms in total. The van der Waals surface area contributed by atoms with Gasteiger partial charge < -0.3 is 30.7 Å². The summed E-state index contributed by atoms with van der Waals surface area (Å²) < 4.78 is 5.92. The number of ether oxygens (including phenoxy) is 1. The van der Waals surface area contributed by atoms with E-state index in [-0.39, 0.29) is 36.2 Å². The summed E-state index contributed by atoms with van der Waals surface area (Å²) in [5.41, 5.74) is 7.78. The molecule has 4 rings (SSSR count). The summed E-state index contributed by atoms with van der Waals surface area (Å²) in [6, 6.07) is 14.1. The highest BCUT2D eigenvalue weighted by molar-refractivity contribution is 5.94. The van der Waals surface area contributed by atoms with Crippen LogP contribution >= 0.6 is 0 Å². The van der Waals surface area contributed by atoms with E-state index in [0.717, 1.165) is 11.1 Å². The number of carboxylic acid groups (broad SMARTS) is 1. The fourth-order valence-electron chi connectivity index (χ4n) is 5.93. The molecule has 10 heteroatoms. The third-order valence-corrected chi connectivity index (χ3v) is 7.85. The second-order valence-electron chi connectivity index (χ2n) is 12.6. The lowest BCUT2D eigenvalue weighted by Crippen LogP contribution is -2.56. The van der Waals surface area contributed by atoms with Crippen molar-refractivity contribution in [3.8, 4) is 5.75 Å². The zero-order chi connectivity index (χ0) is 31.1. The molecule has 0 bridgehead atoms. The quantitative estimate of drug-likeness (QED) is 0.364. The minimum atomic E-state index is -1.03. The van der Waals surface area contributed by atoms with Gasteiger partial charge in [0.05, 0.1) is 0 Å². The molecule has 2 aliphatic rings. The van der Waals surface area contributed by atoms with E-state index in [2.05, 4.69) is 5.32 Å². The number of carbonyl (C=O) groups is 4. The zero-order valence-corrected chi connectivity index (χ0v) is 25.3. The molecular formula is C33H44N4O6. The number of nitrogens with two attached hydrogens (primary N) is 1. The predicted molar refractivity (Wildman–Crippen MR) is 162 cm³/mol. The van der Waals surface area contributed by atoms with Crippen LogP contribution in [0.5, 0.6) is 5.75 Å². The van der Waals surface area contributed by atoms with Crippen LogP contribution < -0.4 is 15.8 Å². The smallest absolute Gasteiger partial charge is 0.326 e. The van der Waals surface area contributed by atoms with Gasteiger partial charge in [0.15, 0.2) is 0 Å². The number of nitrogens with zero attached hydrogens (tertiary/aromatic N) is 2. The predicted octanol–water partition coefficient (Wildman–Crippen LogP) is 2.92. The molecule has 2 aromatic rings. The Morgan fingerprint density at radius 3 is 2.14 bits per heavy atom. The topological polar surface area (TPSA) is 142 Å². The standard InChI is InChI=1S/C33H44N4O6/c1-33(2,3)43-25-15-13-23(14-16-25)20-26(35-29(38)21-24(34)19-22-9-5-4-6-10-22)30(39)36-17-7-11-27(36)31(40)37-18-8-12-28(37)32(41)42/h4-6,9-10,13-16,24,26-28H,7-8,11-12,17-21,34H2,1-3H3,(H,35,38)(H,41,42)/t24-,26-,27-,28-/m0/s1. The summed E-state index contributed by atoms with van der Waals surface area (Å²) in [5.74, 6) is -1.38. The Hall–Kier alpha value is -3.92. The van der Waals surface area contributed by atoms with E-state index in [4.69, 9.17) is 10.5 Å². The van der Waals surface area contributed by atoms with Crippen LogP contribution in [-0.4, -0.2) is 81.5 Å². The number of likely N-dealkylation sites (tertiary alicyclic amines) is 2. The first kappa shape index (κ1) is 32.0. The maximum atomic E-state index is 14.0. The van der Waals surface area contributed by atoms with Gasteiger partial charge in [-0.1, -0.05) is 42.5 Å². The number of nitrogens with one attached hydrogen (secondary N) is 1. The summed E-state index contributed by atoms with van der Waals surface area (Å²) >= 11 is 0. The molecule has 0 saturated carbocycles. The highest BCUT2D eigenvalue weighted by atomic mass is 16.5. The molecule has 0 radical (unpaired) electrons. The molecule has 2 aliphatic heterocycles. The average Bonchev–Trinajstić information content (AvgIpc) is 3.63. The largest absolute Gasteiger partial charge is 0.488 e. The van der Waals surface area contributed by atoms with Crippen molar-refractivity contribution in [3.63, 3.8) is 0 Å². The summed E-state index contributed by atoms with van der Waals surface area (Å²) in [6.07, 6.45) is 2.86. The van der Waals surface area contributed by atoms with E-state index in [1.165, 1.54) is 9.80 Å². The van der Waals surface area contributed by atoms with Crippen LogP contribution in [0.1, 0.15) is 64.0 Å². The lowest BCUT2D eigenvalue weighted by molar-refractivity contribution is -0.152. The summed E-state index contributed by atoms with van der Waals surface area (Å²) in [6.45, 7) is 6.60. The zero-order valence-electron chi connectivity index (χ0n) is 25.3. The van der Waals surface area contributed by atoms with Crippen LogP contribution in [0.25, 0.3) is 0 Å². The van der Waals surface area contributed by atoms with Crippen molar-refractivity contribution in [1.29, 1.82) is 0 Å². The first-order chi connectivity index (χ1) is 20.4. The molecule has 0 aromatic heterocycles. The second kappa shape index (κ2) is 14.0. The second-order valence-corrected chi connectivity index (χ2v) is 12.6. The van der Waals surface area contributed by atoms with E-state index in [0.29, 0.717) is 50.9 Å². The molecule has 2 saturated heterocycles. The SMILES string of the molecule is CC(C)(C)Oc1ccc(C[C@H](NC(=O)C[C@@H](N)Cc2ccccc2)C(=O)N2CCC[C@H]2C(=O)N2CCC[C@H]2C(=O)O)cc1. The molecule has 0 spiro atoms. The molecule has 232 valence electrons. The third-order valence-electron chi connectivity index (χ3n) is 7.85. The minimum absolute atomic E-state index is 0.0352. The van der Waals surface area contributed by atoms with Crippen LogP contribution in [0.3, 0.4) is 0 Å². The first-order valence-corrected chi connectivity index (χ1v) is 15.1. The number of amides is 3. The highest BCUT2D eigenvalue weighted by Gasteiger charge is 2.43. The molecular weight excluding hydrogens is 548 g/mol. The van der Waals surface area contributed by atoms with Crippen LogP contribution in [0.2, 0.25) is 0 Å². The number of rotatable bonds is 11. The van der Waals surface area contributed by atoms with E-state index in [9.17, 15) is 24.3 Å². The van der Waals surface area contributed by atoms with Crippen molar-refractivity contribution in [1.82, 2.24) is 15.1 Å². The summed E-state index contributed by atoms with van der Waals surface area (Å²) in [5, 5.41) is 12.5. The van der Waals surface area contributed by atoms with Crippen LogP contribution in [-0.2, 0) is 32.0 Å². The third kappa shape index (κ3) is 8.79. The molecule has 2 heterocycles. The lowest BCUT2D eigenvalue weighted by Gasteiger charge is -2.32. The maximum Gasteiger partial charge on any atom is 0.326 e. The van der Waals surface area contributed by atoms with Gasteiger partial charge in [0.2, 0.25) is 17.7 Å². The van der Waals surface area contributed by atoms with Gasteiger partial charge in [0.25, 0.3) is 0 Å². The van der Waals surface area contributed by atoms with E-state index >= 15 is 0 Å². The van der Waals surface area contributed by atoms with Crippen LogP contribution in [0.15, 0.2) is 54.6 Å². The van der Waals surface area contributed by atoms with Gasteiger partial charge in [-0.05, 0) is 76.1 Å². The van der Waals surface area contributed by atoms with E-state index < -0.39 is 30.1 Å². The Bertz CT molecular complexity index is 1280. The van der Waals surface area contributed by atoms with Gasteiger partial charge in [-0.3, -0.25) is 14.4 Å². The molecule has 4 atom stereocenters. The van der Waals surface area contributed by atoms with Crippen molar-refractivity contribution >= 4 is 23.7 Å². The average molecular weight is 593 g/mol. The van der Waals surface area contributed by atoms with Gasteiger partial charge in [0.1, 0.15) is 29.5 Å². The molecule has 4 N–H and O–H groups in total. The Labute approximate surface area is 253 Å². The molecule has 0 unspecified atom stereocenters. The fourth-order valence-corrected chi connectivity index (χ4v) is 5.93. The lowest BCUT2D eigenvalue weighted by atomic mass is 10.0. The van der Waals surface area contributed by atoms with E-state index in [1.54, 1.807) is 0 Å². The van der Waals surface area contributed by atoms with Crippen molar-refractivity contribution in [3.05, 3.63) is 65.7 Å². The molecule has 0 aliphatic carbocycles. The number of carboxylic acids is 1. The molecule has 3 amide bonds. The number of aliphatic carboxylic acids is 1. The highest BCUT2D eigenvalue weighted by Crippen LogP contribution is 2.26. The Balaban J connectivity index is 1.50. The van der Waals surface area contributed by atoms with Crippen molar-refractivity contribution in [2.45, 2.75) is 95.5 Å². The van der Waals surface area contributed by atoms with Crippen LogP contribution in [0, 0.1) is 0 Å². The fraction of sp³-hybridized carbons (Fsp3) is 0.515. The normalized spacial score (nSPS) is 20.0. The van der Waals surface area contributed by atoms with Gasteiger partial charge >= 0.3 is 5.97 Å². The number of benzene rings is 2. The molecule has 2 fully saturated rings. The van der Waals surface area contributed by atoms with Gasteiger partial charge in [-0.25, -0.2) is 4.79 Å². The summed E-state index contributed by atoms with van der Waals surface area (Å²) in [4.78, 5) is 55.4. The molecule has 43 heavy (non-hydrogen) atoms. The Morgan fingerprint density at radius 2 is 1.51 bits per heavy atom. The van der Waals surface area contributed by atoms with Gasteiger partial charge in [-0.2, -0.15) is 0 Å². The minimum Gasteiger partial charge on any atom is -0.488 e. The van der Waals surface area contributed by atoms with Crippen LogP contribution in [0.4, 0.5) is 0 Å². The first-order valence-electron chi connectivity index (χ1n) is 15.1. The molecule has 2 aromatic carbocycles. The van der Waals surface area contributed by atoms with Crippen molar-refractivity contribution in [2.24, 2.45) is 5.73 Å². The Morgan fingerprint density at radius 1 is 0.907 bits per heavy atom.